The molecule has 41 heavy (non-hydrogen) atoms. The standard InChI is InChI=1S/C31H33N5O5/c1-20(2)18-34(31(38)24-12-11-21(3)27(17-24)36(39)40)19-28(37)32-30-29(23-9-7-6-8-10-23)22(4)33-35(30)25-13-15-26(41-5)16-14-25/h6-17,20H,18-19H2,1-5H3,(H,32,37). The van der Waals surface area contributed by atoms with Gasteiger partial charge in [0, 0.05) is 29.3 Å². The van der Waals surface area contributed by atoms with Crippen LogP contribution in [0.5, 0.6) is 5.75 Å². The zero-order valence-corrected chi connectivity index (χ0v) is 23.7. The van der Waals surface area contributed by atoms with Crippen molar-refractivity contribution in [2.24, 2.45) is 5.92 Å². The molecular weight excluding hydrogens is 522 g/mol. The lowest BCUT2D eigenvalue weighted by Crippen LogP contribution is -2.40. The number of hydrogen-bond donors (Lipinski definition) is 1. The average Bonchev–Trinajstić information content (AvgIpc) is 3.27. The van der Waals surface area contributed by atoms with Crippen molar-refractivity contribution in [1.82, 2.24) is 14.7 Å². The van der Waals surface area contributed by atoms with Gasteiger partial charge in [-0.25, -0.2) is 4.68 Å². The van der Waals surface area contributed by atoms with Crippen LogP contribution in [0.4, 0.5) is 11.5 Å². The summed E-state index contributed by atoms with van der Waals surface area (Å²) in [6, 6.07) is 21.3. The molecule has 212 valence electrons. The van der Waals surface area contributed by atoms with Crippen LogP contribution >= 0.6 is 0 Å². The molecule has 0 bridgehead atoms. The van der Waals surface area contributed by atoms with E-state index in [1.807, 2.05) is 75.4 Å². The predicted octanol–water partition coefficient (Wildman–Crippen LogP) is 5.81. The summed E-state index contributed by atoms with van der Waals surface area (Å²) in [7, 11) is 1.59. The molecule has 1 aromatic heterocycles. The highest BCUT2D eigenvalue weighted by molar-refractivity contribution is 6.01. The third-order valence-electron chi connectivity index (χ3n) is 6.56. The van der Waals surface area contributed by atoms with Crippen molar-refractivity contribution in [1.29, 1.82) is 0 Å². The molecule has 0 saturated carbocycles. The van der Waals surface area contributed by atoms with E-state index in [2.05, 4.69) is 5.32 Å². The molecule has 0 fully saturated rings. The van der Waals surface area contributed by atoms with Crippen molar-refractivity contribution in [3.8, 4) is 22.6 Å². The van der Waals surface area contributed by atoms with E-state index in [1.54, 1.807) is 30.8 Å². The Morgan fingerprint density at radius 3 is 2.34 bits per heavy atom. The second kappa shape index (κ2) is 12.5. The summed E-state index contributed by atoms with van der Waals surface area (Å²) in [5, 5.41) is 19.2. The minimum absolute atomic E-state index is 0.0548. The number of amides is 2. The Labute approximate surface area is 238 Å². The van der Waals surface area contributed by atoms with Crippen LogP contribution in [0, 0.1) is 29.9 Å². The number of nitrogens with zero attached hydrogens (tertiary/aromatic N) is 4. The molecule has 2 amide bonds. The Morgan fingerprint density at radius 1 is 1.05 bits per heavy atom. The van der Waals surface area contributed by atoms with Crippen molar-refractivity contribution < 1.29 is 19.2 Å². The predicted molar refractivity (Wildman–Crippen MR) is 157 cm³/mol. The van der Waals surface area contributed by atoms with Crippen LogP contribution in [0.1, 0.15) is 35.5 Å². The summed E-state index contributed by atoms with van der Waals surface area (Å²) in [6.45, 7) is 7.40. The Bertz CT molecular complexity index is 1560. The summed E-state index contributed by atoms with van der Waals surface area (Å²) in [4.78, 5) is 39.4. The minimum atomic E-state index is -0.515. The first kappa shape index (κ1) is 29.0. The summed E-state index contributed by atoms with van der Waals surface area (Å²) >= 11 is 0. The van der Waals surface area contributed by atoms with Gasteiger partial charge in [-0.3, -0.25) is 19.7 Å². The summed E-state index contributed by atoms with van der Waals surface area (Å²) < 4.78 is 6.94. The van der Waals surface area contributed by atoms with E-state index >= 15 is 0 Å². The smallest absolute Gasteiger partial charge is 0.273 e. The number of hydrogen-bond acceptors (Lipinski definition) is 6. The highest BCUT2D eigenvalue weighted by Crippen LogP contribution is 2.34. The number of nitrogens with one attached hydrogen (secondary N) is 1. The second-order valence-corrected chi connectivity index (χ2v) is 10.2. The van der Waals surface area contributed by atoms with Crippen LogP contribution in [0.25, 0.3) is 16.8 Å². The number of carbonyl (C=O) groups excluding carboxylic acids is 2. The van der Waals surface area contributed by atoms with Crippen LogP contribution in [-0.2, 0) is 4.79 Å². The first-order valence-electron chi connectivity index (χ1n) is 13.2. The van der Waals surface area contributed by atoms with Crippen molar-refractivity contribution in [3.63, 3.8) is 0 Å². The van der Waals surface area contributed by atoms with Crippen LogP contribution in [0.2, 0.25) is 0 Å². The molecule has 0 spiro atoms. The number of rotatable bonds is 10. The number of nitro groups is 1. The molecule has 0 atom stereocenters. The fourth-order valence-electron chi connectivity index (χ4n) is 4.63. The van der Waals surface area contributed by atoms with Gasteiger partial charge >= 0.3 is 0 Å². The van der Waals surface area contributed by atoms with Crippen LogP contribution < -0.4 is 10.1 Å². The van der Waals surface area contributed by atoms with E-state index in [1.165, 1.54) is 11.0 Å². The lowest BCUT2D eigenvalue weighted by Gasteiger charge is -2.24. The first-order chi connectivity index (χ1) is 19.6. The Hall–Kier alpha value is -4.99. The first-order valence-corrected chi connectivity index (χ1v) is 13.2. The number of aryl methyl sites for hydroxylation is 2. The zero-order chi connectivity index (χ0) is 29.7. The summed E-state index contributed by atoms with van der Waals surface area (Å²) in [6.07, 6.45) is 0. The van der Waals surface area contributed by atoms with Crippen molar-refractivity contribution in [2.75, 3.05) is 25.5 Å². The van der Waals surface area contributed by atoms with Gasteiger partial charge in [0.2, 0.25) is 5.91 Å². The Kier molecular flexibility index (Phi) is 8.81. The lowest BCUT2D eigenvalue weighted by atomic mass is 10.1. The third kappa shape index (κ3) is 6.60. The SMILES string of the molecule is COc1ccc(-n2nc(C)c(-c3ccccc3)c2NC(=O)CN(CC(C)C)C(=O)c2ccc(C)c([N+](=O)[O-])c2)cc1. The zero-order valence-electron chi connectivity index (χ0n) is 23.7. The van der Waals surface area contributed by atoms with E-state index in [-0.39, 0.29) is 30.3 Å². The molecule has 1 N–H and O–H groups in total. The van der Waals surface area contributed by atoms with Crippen LogP contribution in [0.15, 0.2) is 72.8 Å². The molecule has 10 nitrogen and oxygen atoms in total. The number of anilines is 1. The number of ether oxygens (including phenoxy) is 1. The number of aromatic nitrogens is 2. The maximum absolute atomic E-state index is 13.6. The quantitative estimate of drug-likeness (QED) is 0.195. The van der Waals surface area contributed by atoms with Gasteiger partial charge in [0.1, 0.15) is 18.1 Å². The van der Waals surface area contributed by atoms with Gasteiger partial charge in [0.05, 0.1) is 23.4 Å². The lowest BCUT2D eigenvalue weighted by molar-refractivity contribution is -0.385. The Balaban J connectivity index is 1.69. The van der Waals surface area contributed by atoms with Gasteiger partial charge in [-0.05, 0) is 55.7 Å². The van der Waals surface area contributed by atoms with Gasteiger partial charge in [-0.2, -0.15) is 5.10 Å². The maximum Gasteiger partial charge on any atom is 0.273 e. The summed E-state index contributed by atoms with van der Waals surface area (Å²) in [5.41, 5.74) is 3.52. The fraction of sp³-hybridized carbons (Fsp3) is 0.258. The highest BCUT2D eigenvalue weighted by Gasteiger charge is 2.25. The van der Waals surface area contributed by atoms with Crippen molar-refractivity contribution in [3.05, 3.63) is 99.7 Å². The molecular formula is C31H33N5O5. The fourth-order valence-corrected chi connectivity index (χ4v) is 4.63. The molecule has 0 unspecified atom stereocenters. The normalized spacial score (nSPS) is 10.9. The Morgan fingerprint density at radius 2 is 1.73 bits per heavy atom. The van der Waals surface area contributed by atoms with E-state index < -0.39 is 16.7 Å². The molecule has 0 aliphatic carbocycles. The molecule has 1 heterocycles. The molecule has 0 aliphatic rings. The van der Waals surface area contributed by atoms with Gasteiger partial charge in [0.15, 0.2) is 0 Å². The van der Waals surface area contributed by atoms with Crippen molar-refractivity contribution in [2.45, 2.75) is 27.7 Å². The molecule has 4 aromatic rings. The number of nitro benzene ring substituents is 1. The van der Waals surface area contributed by atoms with Crippen LogP contribution in [0.3, 0.4) is 0 Å². The van der Waals surface area contributed by atoms with Gasteiger partial charge in [-0.15, -0.1) is 0 Å². The molecule has 0 aliphatic heterocycles. The van der Waals surface area contributed by atoms with Crippen molar-refractivity contribution >= 4 is 23.3 Å². The third-order valence-corrected chi connectivity index (χ3v) is 6.56. The molecule has 4 rings (SSSR count). The number of benzene rings is 3. The van der Waals surface area contributed by atoms with Gasteiger partial charge < -0.3 is 15.0 Å². The topological polar surface area (TPSA) is 120 Å². The molecule has 3 aromatic carbocycles. The summed E-state index contributed by atoms with van der Waals surface area (Å²) in [5.74, 6) is 0.323. The van der Waals surface area contributed by atoms with E-state index in [4.69, 9.17) is 9.84 Å². The molecule has 10 heteroatoms. The molecule has 0 radical (unpaired) electrons. The number of carbonyl (C=O) groups is 2. The number of methoxy groups -OCH3 is 1. The monoisotopic (exact) mass is 555 g/mol. The van der Waals surface area contributed by atoms with E-state index in [0.29, 0.717) is 28.5 Å². The van der Waals surface area contributed by atoms with E-state index in [9.17, 15) is 19.7 Å². The molecule has 0 saturated heterocycles. The highest BCUT2D eigenvalue weighted by atomic mass is 16.6. The van der Waals surface area contributed by atoms with E-state index in [0.717, 1.165) is 11.1 Å². The average molecular weight is 556 g/mol. The van der Waals surface area contributed by atoms with Crippen LogP contribution in [-0.4, -0.2) is 51.6 Å². The maximum atomic E-state index is 13.6. The largest absolute Gasteiger partial charge is 0.497 e. The second-order valence-electron chi connectivity index (χ2n) is 10.2. The van der Waals surface area contributed by atoms with Gasteiger partial charge in [0.25, 0.3) is 11.6 Å². The minimum Gasteiger partial charge on any atom is -0.497 e. The van der Waals surface area contributed by atoms with Gasteiger partial charge in [-0.1, -0.05) is 50.2 Å².